The molecule has 1 aromatic rings. The normalized spacial score (nSPS) is 30.8. The zero-order valence-electron chi connectivity index (χ0n) is 9.75. The highest BCUT2D eigenvalue weighted by Crippen LogP contribution is 2.39. The van der Waals surface area contributed by atoms with Gasteiger partial charge < -0.3 is 5.32 Å². The second-order valence-electron chi connectivity index (χ2n) is 5.09. The summed E-state index contributed by atoms with van der Waals surface area (Å²) < 4.78 is 1.63. The Bertz CT molecular complexity index is 409. The van der Waals surface area contributed by atoms with Gasteiger partial charge in [0.2, 0.25) is 0 Å². The minimum absolute atomic E-state index is 0.386. The number of nitrogens with one attached hydrogen (secondary N) is 1. The van der Waals surface area contributed by atoms with Gasteiger partial charge in [-0.3, -0.25) is 4.90 Å². The van der Waals surface area contributed by atoms with Gasteiger partial charge >= 0.3 is 0 Å². The van der Waals surface area contributed by atoms with Gasteiger partial charge in [0.1, 0.15) is 0 Å². The number of thiophene rings is 1. The lowest BCUT2D eigenvalue weighted by Gasteiger charge is -2.25. The number of hydrogen-bond acceptors (Lipinski definition) is 3. The standard InChI is InChI=1S/C12H16Cl2N2S/c1-7(10-2-11(13)17-12(10)14)16-5-8-3-15-4-9(8)6-16/h2,7-9,15H,3-6H2,1H3/t7?,8-,9+. The number of likely N-dealkylation sites (tertiary alicyclic amines) is 1. The molecule has 0 radical (unpaired) electrons. The summed E-state index contributed by atoms with van der Waals surface area (Å²) in [5.74, 6) is 1.65. The topological polar surface area (TPSA) is 15.3 Å². The van der Waals surface area contributed by atoms with E-state index in [0.717, 1.165) is 20.5 Å². The van der Waals surface area contributed by atoms with Crippen LogP contribution in [0.4, 0.5) is 0 Å². The molecule has 3 atom stereocenters. The van der Waals surface area contributed by atoms with E-state index in [9.17, 15) is 0 Å². The molecule has 3 heterocycles. The molecule has 94 valence electrons. The van der Waals surface area contributed by atoms with E-state index in [2.05, 4.69) is 17.1 Å². The molecule has 17 heavy (non-hydrogen) atoms. The van der Waals surface area contributed by atoms with Crippen molar-refractivity contribution in [2.75, 3.05) is 26.2 Å². The average Bonchev–Trinajstić information content (AvgIpc) is 2.90. The lowest BCUT2D eigenvalue weighted by Crippen LogP contribution is -2.28. The predicted octanol–water partition coefficient (Wildman–Crippen LogP) is 3.27. The van der Waals surface area contributed by atoms with Crippen LogP contribution in [0, 0.1) is 11.8 Å². The number of hydrogen-bond donors (Lipinski definition) is 1. The van der Waals surface area contributed by atoms with Gasteiger partial charge in [0, 0.05) is 24.7 Å². The van der Waals surface area contributed by atoms with E-state index in [4.69, 9.17) is 23.2 Å². The molecule has 0 spiro atoms. The lowest BCUT2D eigenvalue weighted by molar-refractivity contribution is 0.244. The van der Waals surface area contributed by atoms with Crippen LogP contribution in [0.2, 0.25) is 8.67 Å². The van der Waals surface area contributed by atoms with Crippen LogP contribution in [-0.4, -0.2) is 31.1 Å². The Kier molecular flexibility index (Phi) is 3.39. The molecular weight excluding hydrogens is 275 g/mol. The molecule has 1 unspecified atom stereocenters. The molecular formula is C12H16Cl2N2S. The van der Waals surface area contributed by atoms with Crippen molar-refractivity contribution < 1.29 is 0 Å². The molecule has 5 heteroatoms. The van der Waals surface area contributed by atoms with Crippen molar-refractivity contribution in [2.24, 2.45) is 11.8 Å². The largest absolute Gasteiger partial charge is 0.316 e. The van der Waals surface area contributed by atoms with Crippen LogP contribution in [-0.2, 0) is 0 Å². The fourth-order valence-corrected chi connectivity index (χ4v) is 4.68. The van der Waals surface area contributed by atoms with Gasteiger partial charge in [-0.15, -0.1) is 11.3 Å². The lowest BCUT2D eigenvalue weighted by atomic mass is 10.0. The van der Waals surface area contributed by atoms with Gasteiger partial charge in [0.05, 0.1) is 8.67 Å². The first-order valence-electron chi connectivity index (χ1n) is 6.04. The number of nitrogens with zero attached hydrogens (tertiary/aromatic N) is 1. The molecule has 2 fully saturated rings. The van der Waals surface area contributed by atoms with E-state index in [0.29, 0.717) is 6.04 Å². The van der Waals surface area contributed by atoms with Crippen molar-refractivity contribution in [3.8, 4) is 0 Å². The van der Waals surface area contributed by atoms with Crippen LogP contribution in [0.1, 0.15) is 18.5 Å². The molecule has 0 saturated carbocycles. The maximum atomic E-state index is 6.23. The van der Waals surface area contributed by atoms with Crippen molar-refractivity contribution >= 4 is 34.5 Å². The van der Waals surface area contributed by atoms with Crippen molar-refractivity contribution in [2.45, 2.75) is 13.0 Å². The van der Waals surface area contributed by atoms with Crippen LogP contribution in [0.15, 0.2) is 6.07 Å². The SMILES string of the molecule is CC(c1cc(Cl)sc1Cl)N1C[C@H]2CNC[C@H]2C1. The molecule has 0 amide bonds. The van der Waals surface area contributed by atoms with Crippen LogP contribution < -0.4 is 5.32 Å². The molecule has 3 rings (SSSR count). The van der Waals surface area contributed by atoms with Crippen LogP contribution >= 0.6 is 34.5 Å². The number of fused-ring (bicyclic) bond motifs is 1. The predicted molar refractivity (Wildman–Crippen MR) is 74.2 cm³/mol. The van der Waals surface area contributed by atoms with Gasteiger partial charge in [0.15, 0.2) is 0 Å². The summed E-state index contributed by atoms with van der Waals surface area (Å²) in [4.78, 5) is 2.54. The molecule has 1 N–H and O–H groups in total. The van der Waals surface area contributed by atoms with E-state index in [1.165, 1.54) is 43.1 Å². The quantitative estimate of drug-likeness (QED) is 0.899. The first-order chi connectivity index (χ1) is 8.15. The maximum absolute atomic E-state index is 6.23. The zero-order chi connectivity index (χ0) is 12.0. The van der Waals surface area contributed by atoms with E-state index in [1.807, 2.05) is 6.07 Å². The van der Waals surface area contributed by atoms with Crippen LogP contribution in [0.5, 0.6) is 0 Å². The molecule has 1 aromatic heterocycles. The summed E-state index contributed by atoms with van der Waals surface area (Å²) in [6.45, 7) is 6.95. The number of halogens is 2. The van der Waals surface area contributed by atoms with Crippen molar-refractivity contribution in [3.63, 3.8) is 0 Å². The summed E-state index contributed by atoms with van der Waals surface area (Å²) in [5, 5.41) is 3.47. The molecule has 0 aliphatic carbocycles. The average molecular weight is 291 g/mol. The summed E-state index contributed by atoms with van der Waals surface area (Å²) in [7, 11) is 0. The smallest absolute Gasteiger partial charge is 0.0991 e. The summed E-state index contributed by atoms with van der Waals surface area (Å²) in [6.07, 6.45) is 0. The third kappa shape index (κ3) is 2.24. The maximum Gasteiger partial charge on any atom is 0.0991 e. The highest BCUT2D eigenvalue weighted by atomic mass is 35.5. The first-order valence-corrected chi connectivity index (χ1v) is 7.62. The van der Waals surface area contributed by atoms with E-state index in [1.54, 1.807) is 0 Å². The molecule has 2 aliphatic rings. The third-order valence-electron chi connectivity index (χ3n) is 4.10. The van der Waals surface area contributed by atoms with Crippen molar-refractivity contribution in [3.05, 3.63) is 20.3 Å². The Morgan fingerprint density at radius 3 is 2.53 bits per heavy atom. The van der Waals surface area contributed by atoms with E-state index in [-0.39, 0.29) is 0 Å². The van der Waals surface area contributed by atoms with Crippen molar-refractivity contribution in [1.82, 2.24) is 10.2 Å². The highest BCUT2D eigenvalue weighted by molar-refractivity contribution is 7.20. The first kappa shape index (κ1) is 12.2. The third-order valence-corrected chi connectivity index (χ3v) is 5.62. The molecule has 0 bridgehead atoms. The fraction of sp³-hybridized carbons (Fsp3) is 0.667. The van der Waals surface area contributed by atoms with Crippen LogP contribution in [0.25, 0.3) is 0 Å². The zero-order valence-corrected chi connectivity index (χ0v) is 12.1. The summed E-state index contributed by atoms with van der Waals surface area (Å²) >= 11 is 13.7. The van der Waals surface area contributed by atoms with Crippen molar-refractivity contribution in [1.29, 1.82) is 0 Å². The highest BCUT2D eigenvalue weighted by Gasteiger charge is 2.38. The second kappa shape index (κ2) is 4.71. The molecule has 2 aliphatic heterocycles. The van der Waals surface area contributed by atoms with Gasteiger partial charge in [-0.2, -0.15) is 0 Å². The molecule has 2 nitrogen and oxygen atoms in total. The van der Waals surface area contributed by atoms with Gasteiger partial charge in [0.25, 0.3) is 0 Å². The number of rotatable bonds is 2. The summed E-state index contributed by atoms with van der Waals surface area (Å²) in [6, 6.07) is 2.41. The molecule has 2 saturated heterocycles. The van der Waals surface area contributed by atoms with E-state index < -0.39 is 0 Å². The van der Waals surface area contributed by atoms with Gasteiger partial charge in [-0.05, 0) is 37.9 Å². The Balaban J connectivity index is 1.75. The van der Waals surface area contributed by atoms with Gasteiger partial charge in [-0.1, -0.05) is 23.2 Å². The second-order valence-corrected chi connectivity index (χ2v) is 7.37. The van der Waals surface area contributed by atoms with Crippen LogP contribution in [0.3, 0.4) is 0 Å². The monoisotopic (exact) mass is 290 g/mol. The van der Waals surface area contributed by atoms with Gasteiger partial charge in [-0.25, -0.2) is 0 Å². The molecule has 0 aromatic carbocycles. The Morgan fingerprint density at radius 2 is 2.00 bits per heavy atom. The van der Waals surface area contributed by atoms with E-state index >= 15 is 0 Å². The summed E-state index contributed by atoms with van der Waals surface area (Å²) in [5.41, 5.74) is 1.19. The minimum Gasteiger partial charge on any atom is -0.316 e. The Hall–Kier alpha value is 0.200. The minimum atomic E-state index is 0.386. The fourth-order valence-electron chi connectivity index (χ4n) is 3.04. The Morgan fingerprint density at radius 1 is 1.35 bits per heavy atom. The Labute approximate surface area is 116 Å².